The summed E-state index contributed by atoms with van der Waals surface area (Å²) in [6, 6.07) is 8.41. The fourth-order valence-electron chi connectivity index (χ4n) is 2.07. The molecule has 10 heteroatoms. The zero-order valence-corrected chi connectivity index (χ0v) is 14.8. The van der Waals surface area contributed by atoms with E-state index in [1.807, 2.05) is 0 Å². The Balaban J connectivity index is 2.44. The Morgan fingerprint density at radius 3 is 2.36 bits per heavy atom. The zero-order chi connectivity index (χ0) is 18.6. The molecule has 2 rings (SSSR count). The molecule has 8 nitrogen and oxygen atoms in total. The van der Waals surface area contributed by atoms with E-state index in [2.05, 4.69) is 9.37 Å². The van der Waals surface area contributed by atoms with Crippen molar-refractivity contribution in [1.29, 1.82) is 0 Å². The topological polar surface area (TPSA) is 119 Å². The second kappa shape index (κ2) is 7.95. The third kappa shape index (κ3) is 4.57. The maximum atomic E-state index is 12.6. The van der Waals surface area contributed by atoms with Crippen molar-refractivity contribution in [3.8, 4) is 5.75 Å². The second-order valence-electron chi connectivity index (χ2n) is 4.88. The van der Waals surface area contributed by atoms with Crippen LogP contribution < -0.4 is 4.74 Å². The van der Waals surface area contributed by atoms with E-state index in [0.29, 0.717) is 16.9 Å². The van der Waals surface area contributed by atoms with Crippen LogP contribution in [0.2, 0.25) is 0 Å². The Morgan fingerprint density at radius 2 is 1.76 bits per heavy atom. The van der Waals surface area contributed by atoms with Crippen molar-refractivity contribution in [3.63, 3.8) is 0 Å². The lowest BCUT2D eigenvalue weighted by atomic mass is 10.0. The molecular weight excluding hydrogens is 372 g/mol. The summed E-state index contributed by atoms with van der Waals surface area (Å²) in [6.07, 6.45) is 0. The smallest absolute Gasteiger partial charge is 0.298 e. The van der Waals surface area contributed by atoms with Gasteiger partial charge in [0.2, 0.25) is 0 Å². The number of benzene rings is 2. The largest absolute Gasteiger partial charge is 0.495 e. The molecule has 2 N–H and O–H groups in total. The molecule has 0 saturated carbocycles. The first kappa shape index (κ1) is 19.4. The zero-order valence-electron chi connectivity index (χ0n) is 13.1. The average molecular weight is 386 g/mol. The van der Waals surface area contributed by atoms with Gasteiger partial charge in [-0.15, -0.1) is 4.33 Å². The second-order valence-corrected chi connectivity index (χ2v) is 7.01. The molecule has 25 heavy (non-hydrogen) atoms. The van der Waals surface area contributed by atoms with Gasteiger partial charge >= 0.3 is 0 Å². The quantitative estimate of drug-likeness (QED) is 0.243. The van der Waals surface area contributed by atoms with Crippen LogP contribution in [-0.2, 0) is 19.5 Å². The van der Waals surface area contributed by atoms with E-state index in [4.69, 9.17) is 9.99 Å². The normalized spacial score (nSPS) is 11.4. The number of carbonyl (C=O) groups excluding carboxylic acids is 1. The number of carbonyl (C=O) groups is 1. The predicted molar refractivity (Wildman–Crippen MR) is 88.1 cm³/mol. The van der Waals surface area contributed by atoms with Gasteiger partial charge in [-0.2, -0.15) is 8.42 Å². The van der Waals surface area contributed by atoms with Crippen molar-refractivity contribution in [2.24, 2.45) is 0 Å². The van der Waals surface area contributed by atoms with Crippen LogP contribution >= 0.6 is 12.0 Å². The van der Waals surface area contributed by atoms with E-state index in [1.165, 1.54) is 25.3 Å². The van der Waals surface area contributed by atoms with Gasteiger partial charge in [-0.3, -0.25) is 9.35 Å². The van der Waals surface area contributed by atoms with Gasteiger partial charge in [0.15, 0.2) is 5.78 Å². The molecule has 2 aromatic carbocycles. The molecule has 134 valence electrons. The van der Waals surface area contributed by atoms with Crippen molar-refractivity contribution < 1.29 is 37.1 Å². The molecular formula is C15H14O8S2. The molecule has 0 aliphatic rings. The number of ketones is 1. The van der Waals surface area contributed by atoms with Crippen LogP contribution in [-0.4, -0.2) is 31.1 Å². The maximum absolute atomic E-state index is 12.6. The number of methoxy groups -OCH3 is 1. The summed E-state index contributed by atoms with van der Waals surface area (Å²) in [7, 11) is -3.31. The number of rotatable bonds is 7. The number of ether oxygens (including phenoxy) is 1. The molecule has 0 spiro atoms. The molecule has 2 aromatic rings. The monoisotopic (exact) mass is 386 g/mol. The highest BCUT2D eigenvalue weighted by Gasteiger charge is 2.20. The minimum absolute atomic E-state index is 0.0487. The summed E-state index contributed by atoms with van der Waals surface area (Å²) >= 11 is 0.707. The SMILES string of the molecule is COc1ccc(C(=O)c2ccc(C)c(SOOO)c2)cc1S(=O)(=O)O. The summed E-state index contributed by atoms with van der Waals surface area (Å²) in [4.78, 5) is 12.6. The average Bonchev–Trinajstić information content (AvgIpc) is 2.59. The molecule has 0 saturated heterocycles. The van der Waals surface area contributed by atoms with Crippen LogP contribution in [0.15, 0.2) is 46.2 Å². The molecule has 0 unspecified atom stereocenters. The standard InChI is InChI=1S/C15H14O8S2/c1-9-3-4-10(7-13(9)24-23-22-17)15(16)11-5-6-12(21-2)14(8-11)25(18,19)20/h3-8,17H,1-2H3,(H,18,19,20). The van der Waals surface area contributed by atoms with Crippen LogP contribution in [0.1, 0.15) is 21.5 Å². The predicted octanol–water partition coefficient (Wildman–Crippen LogP) is 2.91. The van der Waals surface area contributed by atoms with Crippen molar-refractivity contribution >= 4 is 27.9 Å². The van der Waals surface area contributed by atoms with Crippen LogP contribution in [0.4, 0.5) is 0 Å². The first-order valence-electron chi connectivity index (χ1n) is 6.73. The van der Waals surface area contributed by atoms with Gasteiger partial charge < -0.3 is 4.74 Å². The van der Waals surface area contributed by atoms with Gasteiger partial charge in [0.25, 0.3) is 10.1 Å². The van der Waals surface area contributed by atoms with Gasteiger partial charge in [0.05, 0.1) is 19.2 Å². The van der Waals surface area contributed by atoms with Crippen molar-refractivity contribution in [2.75, 3.05) is 7.11 Å². The first-order chi connectivity index (χ1) is 11.8. The van der Waals surface area contributed by atoms with Gasteiger partial charge in [0, 0.05) is 16.0 Å². The highest BCUT2D eigenvalue weighted by atomic mass is 32.2. The first-order valence-corrected chi connectivity index (χ1v) is 8.91. The Kier molecular flexibility index (Phi) is 6.16. The molecule has 0 bridgehead atoms. The van der Waals surface area contributed by atoms with Crippen molar-refractivity contribution in [1.82, 2.24) is 0 Å². The Morgan fingerprint density at radius 1 is 1.12 bits per heavy atom. The molecule has 0 aliphatic carbocycles. The summed E-state index contributed by atoms with van der Waals surface area (Å²) in [5, 5.41) is 11.8. The van der Waals surface area contributed by atoms with Gasteiger partial charge in [0.1, 0.15) is 10.6 Å². The van der Waals surface area contributed by atoms with Crippen LogP contribution in [0.25, 0.3) is 0 Å². The number of hydrogen-bond acceptors (Lipinski definition) is 8. The van der Waals surface area contributed by atoms with Crippen molar-refractivity contribution in [3.05, 3.63) is 53.1 Å². The molecule has 0 aliphatic heterocycles. The fraction of sp³-hybridized carbons (Fsp3) is 0.133. The van der Waals surface area contributed by atoms with Gasteiger partial charge in [-0.25, -0.2) is 5.26 Å². The van der Waals surface area contributed by atoms with Gasteiger partial charge in [-0.1, -0.05) is 17.2 Å². The van der Waals surface area contributed by atoms with E-state index in [-0.39, 0.29) is 16.9 Å². The summed E-state index contributed by atoms with van der Waals surface area (Å²) in [5.41, 5.74) is 1.07. The Bertz CT molecular complexity index is 892. The Hall–Kier alpha value is -1.95. The minimum Gasteiger partial charge on any atom is -0.495 e. The Labute approximate surface area is 148 Å². The minimum atomic E-state index is -4.56. The van der Waals surface area contributed by atoms with E-state index in [9.17, 15) is 17.8 Å². The van der Waals surface area contributed by atoms with E-state index in [1.54, 1.807) is 19.1 Å². The molecule has 0 radical (unpaired) electrons. The van der Waals surface area contributed by atoms with E-state index >= 15 is 0 Å². The molecule has 0 fully saturated rings. The van der Waals surface area contributed by atoms with Crippen LogP contribution in [0.5, 0.6) is 5.75 Å². The number of hydrogen-bond donors (Lipinski definition) is 2. The lowest BCUT2D eigenvalue weighted by Gasteiger charge is -2.09. The third-order valence-corrected chi connectivity index (χ3v) is 4.93. The summed E-state index contributed by atoms with van der Waals surface area (Å²) < 4.78 is 41.4. The van der Waals surface area contributed by atoms with Crippen molar-refractivity contribution in [2.45, 2.75) is 16.7 Å². The summed E-state index contributed by atoms with van der Waals surface area (Å²) in [5.74, 6) is -0.549. The highest BCUT2D eigenvalue weighted by molar-refractivity contribution is 7.94. The van der Waals surface area contributed by atoms with Gasteiger partial charge in [-0.05, 0) is 36.8 Å². The van der Waals surface area contributed by atoms with Crippen LogP contribution in [0.3, 0.4) is 0 Å². The van der Waals surface area contributed by atoms with E-state index in [0.717, 1.165) is 11.6 Å². The fourth-order valence-corrected chi connectivity index (χ4v) is 3.23. The molecule has 0 heterocycles. The lowest BCUT2D eigenvalue weighted by molar-refractivity contribution is -0.432. The molecule has 0 aromatic heterocycles. The highest BCUT2D eigenvalue weighted by Crippen LogP contribution is 2.28. The molecule has 0 amide bonds. The van der Waals surface area contributed by atoms with Crippen LogP contribution in [0, 0.1) is 6.92 Å². The van der Waals surface area contributed by atoms with E-state index < -0.39 is 20.8 Å². The third-order valence-electron chi connectivity index (χ3n) is 3.31. The number of aryl methyl sites for hydroxylation is 1. The lowest BCUT2D eigenvalue weighted by Crippen LogP contribution is -2.07. The summed E-state index contributed by atoms with van der Waals surface area (Å²) in [6.45, 7) is 1.77. The maximum Gasteiger partial charge on any atom is 0.298 e. The molecule has 0 atom stereocenters.